The highest BCUT2D eigenvalue weighted by atomic mass is 32.2. The van der Waals surface area contributed by atoms with E-state index in [1.165, 1.54) is 11.0 Å². The predicted molar refractivity (Wildman–Crippen MR) is 138 cm³/mol. The van der Waals surface area contributed by atoms with Gasteiger partial charge in [0.25, 0.3) is 0 Å². The number of ether oxygens (including phenoxy) is 1. The zero-order valence-corrected chi connectivity index (χ0v) is 22.3. The van der Waals surface area contributed by atoms with Gasteiger partial charge in [0.15, 0.2) is 9.84 Å². The topological polar surface area (TPSA) is 118 Å². The second-order valence-corrected chi connectivity index (χ2v) is 12.0. The van der Waals surface area contributed by atoms with E-state index in [-0.39, 0.29) is 30.8 Å². The molecule has 9 heteroatoms. The number of fused-ring (bicyclic) bond motifs is 1. The van der Waals surface area contributed by atoms with Crippen molar-refractivity contribution in [1.29, 1.82) is 0 Å². The summed E-state index contributed by atoms with van der Waals surface area (Å²) in [6, 6.07) is 12.1. The van der Waals surface area contributed by atoms with Crippen LogP contribution in [0.2, 0.25) is 0 Å². The molecule has 0 aliphatic heterocycles. The first-order chi connectivity index (χ1) is 16.8. The highest BCUT2D eigenvalue weighted by Gasteiger charge is 2.32. The molecule has 0 aromatic heterocycles. The van der Waals surface area contributed by atoms with E-state index < -0.39 is 45.0 Å². The molecule has 1 atom stereocenters. The number of esters is 1. The molecule has 0 heterocycles. The van der Waals surface area contributed by atoms with Gasteiger partial charge in [-0.15, -0.1) is 0 Å². The molecule has 0 bridgehead atoms. The normalized spacial score (nSPS) is 12.8. The molecule has 0 saturated heterocycles. The number of rotatable bonds is 13. The van der Waals surface area contributed by atoms with Gasteiger partial charge in [-0.25, -0.2) is 8.42 Å². The molecule has 36 heavy (non-hydrogen) atoms. The van der Waals surface area contributed by atoms with Gasteiger partial charge in [0.2, 0.25) is 5.91 Å². The van der Waals surface area contributed by atoms with Crippen molar-refractivity contribution in [3.05, 3.63) is 42.5 Å². The minimum absolute atomic E-state index is 0.0685. The highest BCUT2D eigenvalue weighted by molar-refractivity contribution is 7.91. The lowest BCUT2D eigenvalue weighted by Crippen LogP contribution is -2.44. The molecule has 2 aromatic rings. The molecule has 0 spiro atoms. The number of sulfone groups is 1. The van der Waals surface area contributed by atoms with E-state index in [0.29, 0.717) is 6.42 Å². The van der Waals surface area contributed by atoms with Gasteiger partial charge in [-0.1, -0.05) is 50.1 Å². The van der Waals surface area contributed by atoms with Crippen molar-refractivity contribution < 1.29 is 32.6 Å². The van der Waals surface area contributed by atoms with Gasteiger partial charge in [-0.05, 0) is 56.5 Å². The number of carboxylic acid groups (broad SMARTS) is 1. The number of benzene rings is 2. The Balaban J connectivity index is 2.32. The number of carbonyl (C=O) groups is 3. The Morgan fingerprint density at radius 2 is 1.69 bits per heavy atom. The Bertz CT molecular complexity index is 1170. The summed E-state index contributed by atoms with van der Waals surface area (Å²) in [5, 5.41) is 10.8. The maximum Gasteiger partial charge on any atom is 0.326 e. The van der Waals surface area contributed by atoms with Gasteiger partial charge < -0.3 is 14.7 Å². The Labute approximate surface area is 213 Å². The molecule has 0 radical (unpaired) electrons. The Morgan fingerprint density at radius 3 is 2.31 bits per heavy atom. The summed E-state index contributed by atoms with van der Waals surface area (Å²) in [5.74, 6) is -3.93. The molecule has 1 unspecified atom stereocenters. The third-order valence-electron chi connectivity index (χ3n) is 5.64. The van der Waals surface area contributed by atoms with Gasteiger partial charge in [0.1, 0.15) is 12.1 Å². The fourth-order valence-corrected chi connectivity index (χ4v) is 5.52. The van der Waals surface area contributed by atoms with Crippen LogP contribution < -0.4 is 0 Å². The lowest BCUT2D eigenvalue weighted by Gasteiger charge is -2.28. The van der Waals surface area contributed by atoms with Crippen molar-refractivity contribution in [2.75, 3.05) is 18.8 Å². The molecule has 1 amide bonds. The molecule has 0 aliphatic carbocycles. The van der Waals surface area contributed by atoms with Crippen molar-refractivity contribution in [1.82, 2.24) is 4.90 Å². The van der Waals surface area contributed by atoms with E-state index in [0.717, 1.165) is 23.6 Å². The number of nitrogens with zero attached hydrogens (tertiary/aromatic N) is 1. The van der Waals surface area contributed by atoms with Crippen molar-refractivity contribution in [2.24, 2.45) is 5.92 Å². The van der Waals surface area contributed by atoms with E-state index in [1.54, 1.807) is 39.0 Å². The zero-order chi connectivity index (χ0) is 26.9. The van der Waals surface area contributed by atoms with Gasteiger partial charge in [-0.3, -0.25) is 14.4 Å². The third kappa shape index (κ3) is 9.26. The summed E-state index contributed by atoms with van der Waals surface area (Å²) in [7, 11) is -3.92. The number of hydrogen-bond donors (Lipinski definition) is 1. The second kappa shape index (κ2) is 12.9. The molecule has 8 nitrogen and oxygen atoms in total. The van der Waals surface area contributed by atoms with Crippen LogP contribution in [-0.4, -0.2) is 60.7 Å². The molecule has 0 fully saturated rings. The van der Waals surface area contributed by atoms with E-state index in [1.807, 2.05) is 25.1 Å². The van der Waals surface area contributed by atoms with Gasteiger partial charge in [-0.2, -0.15) is 0 Å². The van der Waals surface area contributed by atoms with Crippen LogP contribution in [0.4, 0.5) is 0 Å². The molecule has 0 aliphatic rings. The summed E-state index contributed by atoms with van der Waals surface area (Å²) in [6.45, 7) is 7.11. The van der Waals surface area contributed by atoms with Crippen LogP contribution in [0.1, 0.15) is 59.8 Å². The van der Waals surface area contributed by atoms with Gasteiger partial charge in [0, 0.05) is 13.0 Å². The second-order valence-electron chi connectivity index (χ2n) is 9.97. The van der Waals surface area contributed by atoms with Crippen molar-refractivity contribution >= 4 is 38.5 Å². The molecule has 2 rings (SSSR count). The molecule has 2 aromatic carbocycles. The molecule has 1 N–H and O–H groups in total. The van der Waals surface area contributed by atoms with Crippen molar-refractivity contribution in [2.45, 2.75) is 70.3 Å². The van der Waals surface area contributed by atoms with E-state index in [2.05, 4.69) is 0 Å². The maximum absolute atomic E-state index is 13.5. The monoisotopic (exact) mass is 519 g/mol. The number of carbonyl (C=O) groups excluding carboxylic acids is 2. The lowest BCUT2D eigenvalue weighted by molar-refractivity contribution is -0.159. The molecular formula is C27H37NO7S. The van der Waals surface area contributed by atoms with Crippen LogP contribution in [0.5, 0.6) is 0 Å². The summed E-state index contributed by atoms with van der Waals surface area (Å²) in [5.41, 5.74) is -0.739. The van der Waals surface area contributed by atoms with Crippen LogP contribution in [0, 0.1) is 5.92 Å². The average Bonchev–Trinajstić information content (AvgIpc) is 2.79. The largest absolute Gasteiger partial charge is 0.481 e. The van der Waals surface area contributed by atoms with Crippen LogP contribution >= 0.6 is 0 Å². The van der Waals surface area contributed by atoms with Crippen LogP contribution in [0.15, 0.2) is 47.4 Å². The van der Waals surface area contributed by atoms with Gasteiger partial charge in [0.05, 0.1) is 16.6 Å². The predicted octanol–water partition coefficient (Wildman–Crippen LogP) is 4.46. The fraction of sp³-hybridized carbons (Fsp3) is 0.519. The molecular weight excluding hydrogens is 482 g/mol. The van der Waals surface area contributed by atoms with Gasteiger partial charge >= 0.3 is 11.9 Å². The minimum atomic E-state index is -3.92. The first-order valence-corrected chi connectivity index (χ1v) is 13.9. The minimum Gasteiger partial charge on any atom is -0.481 e. The number of amides is 1. The fourth-order valence-electron chi connectivity index (χ4n) is 3.91. The summed E-state index contributed by atoms with van der Waals surface area (Å²) >= 11 is 0. The highest BCUT2D eigenvalue weighted by Crippen LogP contribution is 2.24. The number of aliphatic carboxylic acids is 1. The quantitative estimate of drug-likeness (QED) is 0.307. The smallest absolute Gasteiger partial charge is 0.326 e. The Hall–Kier alpha value is -2.94. The Kier molecular flexibility index (Phi) is 10.5. The number of unbranched alkanes of at least 4 members (excludes halogenated alkanes) is 2. The van der Waals surface area contributed by atoms with E-state index >= 15 is 0 Å². The van der Waals surface area contributed by atoms with Crippen LogP contribution in [0.25, 0.3) is 10.8 Å². The zero-order valence-electron chi connectivity index (χ0n) is 21.5. The SMILES string of the molecule is CCCCCN(CC(=O)OC(C)(C)C)C(=O)C(CCC(=O)O)CS(=O)(=O)c1ccc2ccccc2c1. The number of hydrogen-bond acceptors (Lipinski definition) is 6. The first kappa shape index (κ1) is 29.3. The standard InChI is InChI=1S/C27H37NO7S/c1-5-6-9-16-28(18-25(31)35-27(2,3)4)26(32)22(13-15-24(29)30)19-36(33,34)23-14-12-20-10-7-8-11-21(20)17-23/h7-8,10-12,14,17,22H,5-6,9,13,15-16,18-19H2,1-4H3,(H,29,30). The van der Waals surface area contributed by atoms with Crippen molar-refractivity contribution in [3.8, 4) is 0 Å². The van der Waals surface area contributed by atoms with E-state index in [9.17, 15) is 27.9 Å². The van der Waals surface area contributed by atoms with E-state index in [4.69, 9.17) is 4.74 Å². The van der Waals surface area contributed by atoms with Crippen LogP contribution in [-0.2, 0) is 29.0 Å². The molecule has 0 saturated carbocycles. The average molecular weight is 520 g/mol. The summed E-state index contributed by atoms with van der Waals surface area (Å²) < 4.78 is 32.0. The number of carboxylic acids is 1. The van der Waals surface area contributed by atoms with Crippen molar-refractivity contribution in [3.63, 3.8) is 0 Å². The molecule has 198 valence electrons. The summed E-state index contributed by atoms with van der Waals surface area (Å²) in [4.78, 5) is 38.7. The Morgan fingerprint density at radius 1 is 1.03 bits per heavy atom. The maximum atomic E-state index is 13.5. The summed E-state index contributed by atoms with van der Waals surface area (Å²) in [6.07, 6.45) is 1.84. The lowest BCUT2D eigenvalue weighted by atomic mass is 10.0. The first-order valence-electron chi connectivity index (χ1n) is 12.3. The van der Waals surface area contributed by atoms with Crippen LogP contribution in [0.3, 0.4) is 0 Å². The third-order valence-corrected chi connectivity index (χ3v) is 7.45.